The number of hydrogen-bond donors (Lipinski definition) is 0. The van der Waals surface area contributed by atoms with Gasteiger partial charge >= 0.3 is 5.82 Å². The van der Waals surface area contributed by atoms with Gasteiger partial charge in [0, 0.05) is 6.42 Å². The van der Waals surface area contributed by atoms with Crippen molar-refractivity contribution in [1.29, 1.82) is 0 Å². The molecule has 1 aliphatic rings. The molecule has 0 atom stereocenters. The number of aromatic nitrogens is 2. The molecule has 1 heterocycles. The molecule has 0 N–H and O–H groups in total. The summed E-state index contributed by atoms with van der Waals surface area (Å²) in [5, 5.41) is 15.0. The first-order valence-corrected chi connectivity index (χ1v) is 5.90. The van der Waals surface area contributed by atoms with Gasteiger partial charge in [-0.25, -0.2) is 0 Å². The molecule has 0 aliphatic heterocycles. The fraction of sp³-hybridized carbons (Fsp3) is 0.636. The van der Waals surface area contributed by atoms with Crippen LogP contribution in [-0.2, 0) is 0 Å². The number of carbonyl (C=O) groups is 1. The summed E-state index contributed by atoms with van der Waals surface area (Å²) in [5.41, 5.74) is 0.214. The Hall–Kier alpha value is -1.72. The minimum absolute atomic E-state index is 0.0614. The molecule has 17 heavy (non-hydrogen) atoms. The zero-order chi connectivity index (χ0) is 12.4. The van der Waals surface area contributed by atoms with E-state index in [-0.39, 0.29) is 23.3 Å². The third kappa shape index (κ3) is 2.20. The van der Waals surface area contributed by atoms with E-state index < -0.39 is 4.92 Å². The van der Waals surface area contributed by atoms with Crippen LogP contribution >= 0.6 is 0 Å². The predicted molar refractivity (Wildman–Crippen MR) is 61.0 cm³/mol. The molecule has 0 aromatic carbocycles. The van der Waals surface area contributed by atoms with Gasteiger partial charge in [0.25, 0.3) is 0 Å². The minimum Gasteiger partial charge on any atom is -0.358 e. The summed E-state index contributed by atoms with van der Waals surface area (Å²) >= 11 is 0. The van der Waals surface area contributed by atoms with Gasteiger partial charge < -0.3 is 10.1 Å². The van der Waals surface area contributed by atoms with Gasteiger partial charge in [-0.2, -0.15) is 0 Å². The summed E-state index contributed by atoms with van der Waals surface area (Å²) in [7, 11) is 0. The van der Waals surface area contributed by atoms with Crippen LogP contribution in [0.25, 0.3) is 0 Å². The average Bonchev–Trinajstić information content (AvgIpc) is 2.95. The van der Waals surface area contributed by atoms with Gasteiger partial charge in [0.15, 0.2) is 11.5 Å². The van der Waals surface area contributed by atoms with Crippen molar-refractivity contribution in [3.8, 4) is 0 Å². The molecule has 6 heteroatoms. The van der Waals surface area contributed by atoms with Crippen LogP contribution in [0.2, 0.25) is 0 Å². The first-order valence-electron chi connectivity index (χ1n) is 5.90. The molecule has 0 bridgehead atoms. The van der Waals surface area contributed by atoms with E-state index in [2.05, 4.69) is 5.10 Å². The van der Waals surface area contributed by atoms with Crippen LogP contribution in [0.4, 0.5) is 5.82 Å². The number of hydrogen-bond acceptors (Lipinski definition) is 4. The third-order valence-corrected chi connectivity index (χ3v) is 3.18. The Morgan fingerprint density at radius 1 is 1.59 bits per heavy atom. The van der Waals surface area contributed by atoms with E-state index in [0.717, 1.165) is 25.7 Å². The number of nitro groups is 1. The highest BCUT2D eigenvalue weighted by molar-refractivity contribution is 5.94. The molecule has 0 spiro atoms. The van der Waals surface area contributed by atoms with Gasteiger partial charge in [-0.1, -0.05) is 12.0 Å². The average molecular weight is 237 g/mol. The number of rotatable bonds is 4. The van der Waals surface area contributed by atoms with Crippen LogP contribution in [-0.4, -0.2) is 20.5 Å². The van der Waals surface area contributed by atoms with Crippen LogP contribution < -0.4 is 0 Å². The molecule has 1 fully saturated rings. The Morgan fingerprint density at radius 2 is 2.24 bits per heavy atom. The van der Waals surface area contributed by atoms with E-state index in [9.17, 15) is 14.9 Å². The predicted octanol–water partition coefficient (Wildman–Crippen LogP) is 2.50. The molecule has 0 radical (unpaired) electrons. The molecular formula is C11H15N3O3. The minimum atomic E-state index is -0.461. The summed E-state index contributed by atoms with van der Waals surface area (Å²) < 4.78 is 1.43. The molecule has 1 aromatic heterocycles. The lowest BCUT2D eigenvalue weighted by Crippen LogP contribution is -2.10. The fourth-order valence-corrected chi connectivity index (χ4v) is 2.26. The summed E-state index contributed by atoms with van der Waals surface area (Å²) in [6, 6.07) is 1.37. The second-order valence-corrected chi connectivity index (χ2v) is 4.30. The first kappa shape index (κ1) is 11.8. The number of nitrogens with zero attached hydrogens (tertiary/aromatic N) is 3. The highest BCUT2D eigenvalue weighted by Gasteiger charge is 2.30. The molecule has 1 saturated carbocycles. The van der Waals surface area contributed by atoms with Gasteiger partial charge in [0.2, 0.25) is 0 Å². The van der Waals surface area contributed by atoms with Crippen molar-refractivity contribution in [3.05, 3.63) is 21.9 Å². The van der Waals surface area contributed by atoms with Crippen LogP contribution in [0.5, 0.6) is 0 Å². The highest BCUT2D eigenvalue weighted by atomic mass is 16.6. The summed E-state index contributed by atoms with van der Waals surface area (Å²) in [6.07, 6.45) is 4.26. The van der Waals surface area contributed by atoms with E-state index in [1.807, 2.05) is 0 Å². The molecule has 1 aliphatic carbocycles. The molecular weight excluding hydrogens is 222 g/mol. The molecule has 1 aromatic rings. The van der Waals surface area contributed by atoms with Crippen LogP contribution in [0, 0.1) is 10.1 Å². The van der Waals surface area contributed by atoms with E-state index in [4.69, 9.17) is 0 Å². The second-order valence-electron chi connectivity index (χ2n) is 4.30. The maximum absolute atomic E-state index is 11.5. The molecule has 0 unspecified atom stereocenters. The smallest absolute Gasteiger partial charge is 0.345 e. The van der Waals surface area contributed by atoms with Crippen LogP contribution in [0.1, 0.15) is 55.6 Å². The molecule has 92 valence electrons. The van der Waals surface area contributed by atoms with Gasteiger partial charge in [0.1, 0.15) is 6.04 Å². The fourth-order valence-electron chi connectivity index (χ4n) is 2.26. The SMILES string of the molecule is CCC(=O)c1cc([N+](=O)[O-])n(C2CCCC2)n1. The summed E-state index contributed by atoms with van der Waals surface area (Å²) in [5.74, 6) is -0.210. The Balaban J connectivity index is 2.37. The van der Waals surface area contributed by atoms with Crippen molar-refractivity contribution in [2.75, 3.05) is 0 Å². The molecule has 0 saturated heterocycles. The van der Waals surface area contributed by atoms with E-state index in [1.54, 1.807) is 6.92 Å². The topological polar surface area (TPSA) is 78.0 Å². The molecule has 2 rings (SSSR count). The first-order chi connectivity index (χ1) is 8.13. The lowest BCUT2D eigenvalue weighted by Gasteiger charge is -2.05. The monoisotopic (exact) mass is 237 g/mol. The largest absolute Gasteiger partial charge is 0.358 e. The Bertz CT molecular complexity index is 447. The van der Waals surface area contributed by atoms with Crippen LogP contribution in [0.15, 0.2) is 6.07 Å². The van der Waals surface area contributed by atoms with Gasteiger partial charge in [-0.05, 0) is 30.6 Å². The van der Waals surface area contributed by atoms with Gasteiger partial charge in [-0.3, -0.25) is 4.79 Å². The van der Waals surface area contributed by atoms with E-state index in [1.165, 1.54) is 10.7 Å². The van der Waals surface area contributed by atoms with Gasteiger partial charge in [0.05, 0.1) is 6.07 Å². The number of ketones is 1. The zero-order valence-corrected chi connectivity index (χ0v) is 9.76. The standard InChI is InChI=1S/C11H15N3O3/c1-2-10(15)9-7-11(14(16)17)13(12-9)8-5-3-4-6-8/h7-8H,2-6H2,1H3. The van der Waals surface area contributed by atoms with Crippen molar-refractivity contribution >= 4 is 11.6 Å². The van der Waals surface area contributed by atoms with Gasteiger partial charge in [-0.15, -0.1) is 4.68 Å². The van der Waals surface area contributed by atoms with Crippen molar-refractivity contribution in [3.63, 3.8) is 0 Å². The Morgan fingerprint density at radius 3 is 2.76 bits per heavy atom. The lowest BCUT2D eigenvalue weighted by molar-refractivity contribution is -0.393. The number of Topliss-reactive ketones (excluding diaryl/α,β-unsaturated/α-hetero) is 1. The second kappa shape index (κ2) is 4.65. The quantitative estimate of drug-likeness (QED) is 0.458. The van der Waals surface area contributed by atoms with Crippen LogP contribution in [0.3, 0.4) is 0 Å². The number of carbonyl (C=O) groups excluding carboxylic acids is 1. The van der Waals surface area contributed by atoms with Crippen molar-refractivity contribution in [1.82, 2.24) is 9.78 Å². The Labute approximate surface area is 98.8 Å². The van der Waals surface area contributed by atoms with E-state index >= 15 is 0 Å². The maximum Gasteiger partial charge on any atom is 0.345 e. The lowest BCUT2D eigenvalue weighted by atomic mass is 10.2. The highest BCUT2D eigenvalue weighted by Crippen LogP contribution is 2.32. The van der Waals surface area contributed by atoms with E-state index in [0.29, 0.717) is 6.42 Å². The maximum atomic E-state index is 11.5. The summed E-state index contributed by atoms with van der Waals surface area (Å²) in [6.45, 7) is 1.72. The Kier molecular flexibility index (Phi) is 3.21. The van der Waals surface area contributed by atoms with Crippen molar-refractivity contribution in [2.45, 2.75) is 45.1 Å². The molecule has 0 amide bonds. The summed E-state index contributed by atoms with van der Waals surface area (Å²) in [4.78, 5) is 22.0. The zero-order valence-electron chi connectivity index (χ0n) is 9.76. The van der Waals surface area contributed by atoms with Crippen molar-refractivity contribution < 1.29 is 9.72 Å². The molecule has 6 nitrogen and oxygen atoms in total. The normalized spacial score (nSPS) is 16.3. The third-order valence-electron chi connectivity index (χ3n) is 3.18. The van der Waals surface area contributed by atoms with Crippen molar-refractivity contribution in [2.24, 2.45) is 0 Å².